The van der Waals surface area contributed by atoms with E-state index in [0.717, 1.165) is 49.7 Å². The van der Waals surface area contributed by atoms with Gasteiger partial charge in [0.15, 0.2) is 0 Å². The molecular weight excluding hydrogens is 456 g/mol. The van der Waals surface area contributed by atoms with Gasteiger partial charge in [-0.3, -0.25) is 19.3 Å². The van der Waals surface area contributed by atoms with Crippen LogP contribution in [0.2, 0.25) is 0 Å². The Morgan fingerprint density at radius 3 is 2.41 bits per heavy atom. The van der Waals surface area contributed by atoms with Gasteiger partial charge in [-0.15, -0.1) is 10.2 Å². The van der Waals surface area contributed by atoms with Crippen molar-refractivity contribution in [3.05, 3.63) is 39.8 Å². The number of hydrogen-bond acceptors (Lipinski definition) is 8. The average Bonchev–Trinajstić information content (AvgIpc) is 3.36. The Bertz CT molecular complexity index is 997. The van der Waals surface area contributed by atoms with Gasteiger partial charge in [-0.05, 0) is 31.9 Å². The van der Waals surface area contributed by atoms with E-state index in [0.29, 0.717) is 38.2 Å². The first kappa shape index (κ1) is 24.2. The van der Waals surface area contributed by atoms with E-state index in [9.17, 15) is 14.4 Å². The average molecular weight is 487 g/mol. The highest BCUT2D eigenvalue weighted by molar-refractivity contribution is 7.15. The Hall–Kier alpha value is -2.89. The maximum absolute atomic E-state index is 12.8. The standard InChI is InChI=1S/C23H30N6O4S/c1-16-2-4-18(5-3-16)25-20(31)21-26-27-22(34-21)23(32)29-9-6-17(7-10-29)19(30)24-8-11-28-12-14-33-15-13-28/h2-5,17H,6-15H2,1H3,(H,24,30)(H,25,31). The Labute approximate surface area is 202 Å². The van der Waals surface area contributed by atoms with Crippen LogP contribution >= 0.6 is 11.3 Å². The van der Waals surface area contributed by atoms with E-state index in [4.69, 9.17) is 4.74 Å². The number of nitrogens with one attached hydrogen (secondary N) is 2. The first-order chi connectivity index (χ1) is 16.5. The summed E-state index contributed by atoms with van der Waals surface area (Å²) >= 11 is 0.979. The van der Waals surface area contributed by atoms with Crippen LogP contribution in [-0.2, 0) is 9.53 Å². The van der Waals surface area contributed by atoms with Gasteiger partial charge in [-0.25, -0.2) is 0 Å². The van der Waals surface area contributed by atoms with Crippen molar-refractivity contribution in [1.82, 2.24) is 25.3 Å². The number of hydrogen-bond donors (Lipinski definition) is 2. The summed E-state index contributed by atoms with van der Waals surface area (Å²) in [6.07, 6.45) is 1.21. The third-order valence-electron chi connectivity index (χ3n) is 6.10. The van der Waals surface area contributed by atoms with Gasteiger partial charge in [0, 0.05) is 50.9 Å². The number of benzene rings is 1. The second kappa shape index (κ2) is 11.5. The lowest BCUT2D eigenvalue weighted by atomic mass is 9.96. The monoisotopic (exact) mass is 486 g/mol. The number of nitrogens with zero attached hydrogens (tertiary/aromatic N) is 4. The summed E-state index contributed by atoms with van der Waals surface area (Å²) < 4.78 is 5.34. The van der Waals surface area contributed by atoms with Crippen LogP contribution in [0.4, 0.5) is 5.69 Å². The van der Waals surface area contributed by atoms with Crippen LogP contribution < -0.4 is 10.6 Å². The Morgan fingerprint density at radius 1 is 1.03 bits per heavy atom. The van der Waals surface area contributed by atoms with E-state index in [-0.39, 0.29) is 27.7 Å². The Morgan fingerprint density at radius 2 is 1.71 bits per heavy atom. The van der Waals surface area contributed by atoms with E-state index in [1.165, 1.54) is 0 Å². The van der Waals surface area contributed by atoms with Gasteiger partial charge < -0.3 is 20.3 Å². The van der Waals surface area contributed by atoms with Crippen LogP contribution in [0.15, 0.2) is 24.3 Å². The number of rotatable bonds is 7. The molecule has 0 saturated carbocycles. The minimum Gasteiger partial charge on any atom is -0.379 e. The molecule has 10 nitrogen and oxygen atoms in total. The molecule has 0 atom stereocenters. The van der Waals surface area contributed by atoms with Gasteiger partial charge in [0.25, 0.3) is 11.8 Å². The van der Waals surface area contributed by atoms with Crippen molar-refractivity contribution < 1.29 is 19.1 Å². The summed E-state index contributed by atoms with van der Waals surface area (Å²) in [7, 11) is 0. The van der Waals surface area contributed by atoms with Crippen LogP contribution in [0.5, 0.6) is 0 Å². The highest BCUT2D eigenvalue weighted by atomic mass is 32.1. The molecule has 1 aromatic carbocycles. The van der Waals surface area contributed by atoms with Gasteiger partial charge in [-0.2, -0.15) is 0 Å². The van der Waals surface area contributed by atoms with Gasteiger partial charge in [0.2, 0.25) is 15.9 Å². The predicted molar refractivity (Wildman–Crippen MR) is 128 cm³/mol. The molecule has 3 amide bonds. The van der Waals surface area contributed by atoms with Crippen LogP contribution in [0, 0.1) is 12.8 Å². The Kier molecular flexibility index (Phi) is 8.20. The number of piperidine rings is 1. The fourth-order valence-electron chi connectivity index (χ4n) is 4.01. The molecule has 0 spiro atoms. The number of aryl methyl sites for hydroxylation is 1. The SMILES string of the molecule is Cc1ccc(NC(=O)c2nnc(C(=O)N3CCC(C(=O)NCCN4CCOCC4)CC3)s2)cc1. The first-order valence-electron chi connectivity index (χ1n) is 11.6. The molecule has 3 heterocycles. The molecule has 34 heavy (non-hydrogen) atoms. The zero-order chi connectivity index (χ0) is 23.9. The van der Waals surface area contributed by atoms with E-state index in [1.54, 1.807) is 4.90 Å². The normalized spacial score (nSPS) is 17.4. The quantitative estimate of drug-likeness (QED) is 0.608. The fourth-order valence-corrected chi connectivity index (χ4v) is 4.72. The number of carbonyl (C=O) groups excluding carboxylic acids is 3. The van der Waals surface area contributed by atoms with Crippen molar-refractivity contribution in [2.45, 2.75) is 19.8 Å². The molecule has 2 saturated heterocycles. The molecule has 2 aliphatic heterocycles. The van der Waals surface area contributed by atoms with E-state index in [2.05, 4.69) is 25.7 Å². The highest BCUT2D eigenvalue weighted by Crippen LogP contribution is 2.21. The zero-order valence-corrected chi connectivity index (χ0v) is 20.1. The molecule has 0 bridgehead atoms. The summed E-state index contributed by atoms with van der Waals surface area (Å²) in [6.45, 7) is 7.65. The van der Waals surface area contributed by atoms with Crippen molar-refractivity contribution in [2.75, 3.05) is 57.8 Å². The van der Waals surface area contributed by atoms with Crippen LogP contribution in [0.1, 0.15) is 38.0 Å². The molecule has 0 aliphatic carbocycles. The number of amides is 3. The third-order valence-corrected chi connectivity index (χ3v) is 7.01. The third kappa shape index (κ3) is 6.37. The maximum atomic E-state index is 12.8. The molecule has 2 N–H and O–H groups in total. The Balaban J connectivity index is 1.21. The molecule has 4 rings (SSSR count). The number of aromatic nitrogens is 2. The lowest BCUT2D eigenvalue weighted by Gasteiger charge is -2.31. The van der Waals surface area contributed by atoms with Crippen LogP contribution in [0.3, 0.4) is 0 Å². The second-order valence-electron chi connectivity index (χ2n) is 8.54. The fraction of sp³-hybridized carbons (Fsp3) is 0.522. The number of ether oxygens (including phenoxy) is 1. The van der Waals surface area contributed by atoms with Crippen molar-refractivity contribution in [2.24, 2.45) is 5.92 Å². The number of anilines is 1. The largest absolute Gasteiger partial charge is 0.379 e. The van der Waals surface area contributed by atoms with E-state index in [1.807, 2.05) is 31.2 Å². The summed E-state index contributed by atoms with van der Waals surface area (Å²) in [5, 5.41) is 13.9. The molecule has 182 valence electrons. The van der Waals surface area contributed by atoms with Crippen LogP contribution in [0.25, 0.3) is 0 Å². The summed E-state index contributed by atoms with van der Waals surface area (Å²) in [5.41, 5.74) is 1.75. The summed E-state index contributed by atoms with van der Waals surface area (Å²) in [6, 6.07) is 7.42. The molecule has 2 aliphatic rings. The summed E-state index contributed by atoms with van der Waals surface area (Å²) in [5.74, 6) is -0.698. The zero-order valence-electron chi connectivity index (χ0n) is 19.3. The van der Waals surface area contributed by atoms with Crippen molar-refractivity contribution in [3.8, 4) is 0 Å². The van der Waals surface area contributed by atoms with E-state index < -0.39 is 5.91 Å². The predicted octanol–water partition coefficient (Wildman–Crippen LogP) is 1.40. The second-order valence-corrected chi connectivity index (χ2v) is 9.52. The van der Waals surface area contributed by atoms with Gasteiger partial charge in [0.1, 0.15) is 0 Å². The topological polar surface area (TPSA) is 117 Å². The minimum absolute atomic E-state index is 0.0475. The lowest BCUT2D eigenvalue weighted by Crippen LogP contribution is -2.45. The number of carbonyl (C=O) groups is 3. The lowest BCUT2D eigenvalue weighted by molar-refractivity contribution is -0.126. The van der Waals surface area contributed by atoms with Gasteiger partial charge in [0.05, 0.1) is 13.2 Å². The smallest absolute Gasteiger partial charge is 0.286 e. The number of morpholine rings is 1. The molecule has 0 radical (unpaired) electrons. The molecule has 1 aromatic heterocycles. The molecule has 11 heteroatoms. The molecule has 2 fully saturated rings. The highest BCUT2D eigenvalue weighted by Gasteiger charge is 2.29. The molecule has 2 aromatic rings. The molecular formula is C23H30N6O4S. The van der Waals surface area contributed by atoms with Gasteiger partial charge in [-0.1, -0.05) is 29.0 Å². The van der Waals surface area contributed by atoms with Crippen molar-refractivity contribution in [1.29, 1.82) is 0 Å². The van der Waals surface area contributed by atoms with Crippen molar-refractivity contribution in [3.63, 3.8) is 0 Å². The van der Waals surface area contributed by atoms with Crippen LogP contribution in [-0.4, -0.2) is 90.2 Å². The number of likely N-dealkylation sites (tertiary alicyclic amines) is 1. The maximum Gasteiger partial charge on any atom is 0.286 e. The first-order valence-corrected chi connectivity index (χ1v) is 12.4. The van der Waals surface area contributed by atoms with Gasteiger partial charge >= 0.3 is 0 Å². The van der Waals surface area contributed by atoms with E-state index >= 15 is 0 Å². The van der Waals surface area contributed by atoms with Crippen molar-refractivity contribution >= 4 is 34.7 Å². The summed E-state index contributed by atoms with van der Waals surface area (Å²) in [4.78, 5) is 41.7. The minimum atomic E-state index is -0.395. The molecule has 0 unspecified atom stereocenters.